The zero-order chi connectivity index (χ0) is 13.8. The summed E-state index contributed by atoms with van der Waals surface area (Å²) in [6, 6.07) is 0.685. The van der Waals surface area contributed by atoms with Crippen LogP contribution in [0.2, 0.25) is 0 Å². The smallest absolute Gasteiger partial charge is 0.168 e. The van der Waals surface area contributed by atoms with Gasteiger partial charge in [-0.1, -0.05) is 6.92 Å². The lowest BCUT2D eigenvalue weighted by Crippen LogP contribution is -2.42. The van der Waals surface area contributed by atoms with Gasteiger partial charge in [-0.3, -0.25) is 4.90 Å². The normalized spacial score (nSPS) is 32.7. The SMILES string of the molecule is CCCN(CC1CCCN1)CC1COC2(CCCC2)O1. The summed E-state index contributed by atoms with van der Waals surface area (Å²) in [6.07, 6.45) is 8.87. The lowest BCUT2D eigenvalue weighted by molar-refractivity contribution is -0.163. The number of rotatable bonds is 6. The average Bonchev–Trinajstić information content (AvgIpc) is 3.15. The summed E-state index contributed by atoms with van der Waals surface area (Å²) < 4.78 is 12.3. The number of nitrogens with one attached hydrogen (secondary N) is 1. The van der Waals surface area contributed by atoms with Crippen molar-refractivity contribution in [2.24, 2.45) is 0 Å². The van der Waals surface area contributed by atoms with Gasteiger partial charge in [-0.25, -0.2) is 0 Å². The number of nitrogens with zero attached hydrogens (tertiary/aromatic N) is 1. The molecular formula is C16H30N2O2. The van der Waals surface area contributed by atoms with Crippen molar-refractivity contribution in [2.75, 3.05) is 32.8 Å². The molecule has 1 saturated carbocycles. The van der Waals surface area contributed by atoms with Crippen molar-refractivity contribution in [2.45, 2.75) is 69.8 Å². The largest absolute Gasteiger partial charge is 0.347 e. The van der Waals surface area contributed by atoms with E-state index in [1.54, 1.807) is 0 Å². The minimum atomic E-state index is -0.200. The van der Waals surface area contributed by atoms with E-state index in [-0.39, 0.29) is 11.9 Å². The molecule has 0 aromatic rings. The van der Waals surface area contributed by atoms with E-state index in [0.717, 1.165) is 26.0 Å². The van der Waals surface area contributed by atoms with Crippen molar-refractivity contribution in [3.63, 3.8) is 0 Å². The maximum absolute atomic E-state index is 6.27. The molecule has 2 heterocycles. The van der Waals surface area contributed by atoms with Crippen molar-refractivity contribution < 1.29 is 9.47 Å². The summed E-state index contributed by atoms with van der Waals surface area (Å²) in [6.45, 7) is 7.62. The average molecular weight is 282 g/mol. The Hall–Kier alpha value is -0.160. The van der Waals surface area contributed by atoms with Crippen LogP contribution in [0.3, 0.4) is 0 Å². The Kier molecular flexibility index (Phi) is 4.97. The highest BCUT2D eigenvalue weighted by atomic mass is 16.7. The Balaban J connectivity index is 1.48. The van der Waals surface area contributed by atoms with Gasteiger partial charge >= 0.3 is 0 Å². The van der Waals surface area contributed by atoms with Gasteiger partial charge in [0.1, 0.15) is 0 Å². The highest BCUT2D eigenvalue weighted by molar-refractivity contribution is 4.86. The molecule has 0 aromatic carbocycles. The monoisotopic (exact) mass is 282 g/mol. The van der Waals surface area contributed by atoms with E-state index in [2.05, 4.69) is 17.1 Å². The molecule has 1 aliphatic carbocycles. The molecule has 2 aliphatic heterocycles. The summed E-state index contributed by atoms with van der Waals surface area (Å²) in [5.74, 6) is -0.200. The molecule has 2 unspecified atom stereocenters. The molecule has 0 bridgehead atoms. The lowest BCUT2D eigenvalue weighted by atomic mass is 10.2. The Morgan fingerprint density at radius 1 is 1.20 bits per heavy atom. The van der Waals surface area contributed by atoms with Gasteiger partial charge in [-0.2, -0.15) is 0 Å². The summed E-state index contributed by atoms with van der Waals surface area (Å²) in [5.41, 5.74) is 0. The molecule has 4 heteroatoms. The van der Waals surface area contributed by atoms with Crippen LogP contribution >= 0.6 is 0 Å². The molecule has 1 spiro atoms. The van der Waals surface area contributed by atoms with E-state index in [1.165, 1.54) is 51.7 Å². The second-order valence-corrected chi connectivity index (χ2v) is 6.72. The first kappa shape index (κ1) is 14.8. The van der Waals surface area contributed by atoms with Gasteiger partial charge < -0.3 is 14.8 Å². The third-order valence-electron chi connectivity index (χ3n) is 4.92. The van der Waals surface area contributed by atoms with Crippen LogP contribution in [0.15, 0.2) is 0 Å². The van der Waals surface area contributed by atoms with Crippen molar-refractivity contribution in [1.82, 2.24) is 10.2 Å². The van der Waals surface area contributed by atoms with Crippen LogP contribution in [0.25, 0.3) is 0 Å². The fourth-order valence-electron chi connectivity index (χ4n) is 3.97. The molecule has 0 aromatic heterocycles. The maximum Gasteiger partial charge on any atom is 0.168 e. The van der Waals surface area contributed by atoms with Gasteiger partial charge in [0.25, 0.3) is 0 Å². The Morgan fingerprint density at radius 3 is 2.75 bits per heavy atom. The first-order valence-electron chi connectivity index (χ1n) is 8.57. The number of hydrogen-bond donors (Lipinski definition) is 1. The van der Waals surface area contributed by atoms with Gasteiger partial charge in [-0.15, -0.1) is 0 Å². The van der Waals surface area contributed by atoms with Crippen LogP contribution < -0.4 is 5.32 Å². The Bertz CT molecular complexity index is 299. The molecule has 1 N–H and O–H groups in total. The number of ether oxygens (including phenoxy) is 2. The van der Waals surface area contributed by atoms with E-state index in [4.69, 9.17) is 9.47 Å². The third kappa shape index (κ3) is 3.53. The van der Waals surface area contributed by atoms with Gasteiger partial charge in [0.05, 0.1) is 12.7 Å². The van der Waals surface area contributed by atoms with Crippen molar-refractivity contribution >= 4 is 0 Å². The zero-order valence-electron chi connectivity index (χ0n) is 12.9. The molecule has 0 radical (unpaired) electrons. The van der Waals surface area contributed by atoms with E-state index in [1.807, 2.05) is 0 Å². The highest BCUT2D eigenvalue weighted by Crippen LogP contribution is 2.39. The molecule has 0 amide bonds. The first-order valence-corrected chi connectivity index (χ1v) is 8.57. The van der Waals surface area contributed by atoms with Crippen molar-refractivity contribution in [3.8, 4) is 0 Å². The minimum Gasteiger partial charge on any atom is -0.347 e. The van der Waals surface area contributed by atoms with E-state index in [9.17, 15) is 0 Å². The molecular weight excluding hydrogens is 252 g/mol. The summed E-state index contributed by atoms with van der Waals surface area (Å²) in [4.78, 5) is 2.57. The lowest BCUT2D eigenvalue weighted by Gasteiger charge is -2.28. The predicted octanol–water partition coefficient (Wildman–Crippen LogP) is 2.14. The van der Waals surface area contributed by atoms with Gasteiger partial charge in [-0.05, 0) is 45.2 Å². The molecule has 116 valence electrons. The fraction of sp³-hybridized carbons (Fsp3) is 1.00. The molecule has 4 nitrogen and oxygen atoms in total. The second-order valence-electron chi connectivity index (χ2n) is 6.72. The zero-order valence-corrected chi connectivity index (χ0v) is 12.9. The van der Waals surface area contributed by atoms with Crippen molar-refractivity contribution in [1.29, 1.82) is 0 Å². The summed E-state index contributed by atoms with van der Waals surface area (Å²) in [7, 11) is 0. The van der Waals surface area contributed by atoms with E-state index >= 15 is 0 Å². The van der Waals surface area contributed by atoms with Crippen LogP contribution in [0.1, 0.15) is 51.9 Å². The van der Waals surface area contributed by atoms with Crippen LogP contribution in [0.4, 0.5) is 0 Å². The van der Waals surface area contributed by atoms with Crippen molar-refractivity contribution in [3.05, 3.63) is 0 Å². The molecule has 3 fully saturated rings. The topological polar surface area (TPSA) is 33.7 Å². The minimum absolute atomic E-state index is 0.200. The fourth-order valence-corrected chi connectivity index (χ4v) is 3.97. The summed E-state index contributed by atoms with van der Waals surface area (Å²) >= 11 is 0. The molecule has 2 atom stereocenters. The number of hydrogen-bond acceptors (Lipinski definition) is 4. The Morgan fingerprint density at radius 2 is 2.05 bits per heavy atom. The van der Waals surface area contributed by atoms with E-state index < -0.39 is 0 Å². The van der Waals surface area contributed by atoms with Crippen LogP contribution in [-0.4, -0.2) is 55.6 Å². The summed E-state index contributed by atoms with van der Waals surface area (Å²) in [5, 5.41) is 3.61. The van der Waals surface area contributed by atoms with Crippen LogP contribution in [0.5, 0.6) is 0 Å². The van der Waals surface area contributed by atoms with Gasteiger partial charge in [0, 0.05) is 32.0 Å². The molecule has 2 saturated heterocycles. The molecule has 3 aliphatic rings. The molecule has 3 rings (SSSR count). The molecule has 20 heavy (non-hydrogen) atoms. The third-order valence-corrected chi connectivity index (χ3v) is 4.92. The Labute approximate surface area is 123 Å². The van der Waals surface area contributed by atoms with Crippen LogP contribution in [-0.2, 0) is 9.47 Å². The first-order chi connectivity index (χ1) is 9.80. The van der Waals surface area contributed by atoms with Gasteiger partial charge in [0.2, 0.25) is 0 Å². The predicted molar refractivity (Wildman–Crippen MR) is 79.8 cm³/mol. The van der Waals surface area contributed by atoms with Crippen LogP contribution in [0, 0.1) is 0 Å². The van der Waals surface area contributed by atoms with Gasteiger partial charge in [0.15, 0.2) is 5.79 Å². The maximum atomic E-state index is 6.27. The standard InChI is InChI=1S/C16H30N2O2/c1-2-10-18(11-14-6-5-9-17-14)12-15-13-19-16(20-15)7-3-4-8-16/h14-15,17H,2-13H2,1H3. The quantitative estimate of drug-likeness (QED) is 0.809. The highest BCUT2D eigenvalue weighted by Gasteiger charge is 2.43. The second kappa shape index (κ2) is 6.73. The van der Waals surface area contributed by atoms with E-state index in [0.29, 0.717) is 6.04 Å².